The van der Waals surface area contributed by atoms with Crippen molar-refractivity contribution in [3.8, 4) is 0 Å². The van der Waals surface area contributed by atoms with Crippen molar-refractivity contribution >= 4 is 5.91 Å². The van der Waals surface area contributed by atoms with E-state index in [9.17, 15) is 25.2 Å². The van der Waals surface area contributed by atoms with Gasteiger partial charge in [-0.1, -0.05) is 0 Å². The molecule has 0 aromatic carbocycles. The number of likely N-dealkylation sites (N-methyl/N-ethyl adjacent to an activating group) is 1. The van der Waals surface area contributed by atoms with Gasteiger partial charge in [-0.05, 0) is 52.4 Å². The van der Waals surface area contributed by atoms with Crippen molar-refractivity contribution in [2.75, 3.05) is 46.4 Å². The van der Waals surface area contributed by atoms with Crippen molar-refractivity contribution < 1.29 is 39.4 Å². The first kappa shape index (κ1) is 33.4. The summed E-state index contributed by atoms with van der Waals surface area (Å²) in [5.74, 6) is -0.818. The van der Waals surface area contributed by atoms with Gasteiger partial charge in [-0.25, -0.2) is 0 Å². The van der Waals surface area contributed by atoms with Crippen LogP contribution in [0.1, 0.15) is 26.2 Å². The van der Waals surface area contributed by atoms with E-state index in [1.165, 1.54) is 6.92 Å². The summed E-state index contributed by atoms with van der Waals surface area (Å²) >= 11 is 0. The minimum Gasteiger partial charge on any atom is -0.492 e. The monoisotopic (exact) mass is 601 g/mol. The van der Waals surface area contributed by atoms with Crippen molar-refractivity contribution in [3.63, 3.8) is 0 Å². The lowest BCUT2D eigenvalue weighted by Gasteiger charge is -2.50. The lowest BCUT2D eigenvalue weighted by Crippen LogP contribution is -2.70. The Bertz CT molecular complexity index is 925. The number of hydrogen-bond acceptors (Lipinski definition) is 14. The maximum Gasteiger partial charge on any atom is 0.249 e. The molecule has 42 heavy (non-hydrogen) atoms. The fourth-order valence-electron chi connectivity index (χ4n) is 6.41. The van der Waals surface area contributed by atoms with E-state index >= 15 is 0 Å². The summed E-state index contributed by atoms with van der Waals surface area (Å²) in [4.78, 5) is 13.0. The van der Waals surface area contributed by atoms with E-state index in [0.717, 1.165) is 13.0 Å². The van der Waals surface area contributed by atoms with Crippen LogP contribution in [0, 0.1) is 11.8 Å². The number of ether oxygens (including phenoxy) is 3. The molecule has 1 saturated carbocycles. The molecule has 4 aliphatic rings. The van der Waals surface area contributed by atoms with Gasteiger partial charge >= 0.3 is 0 Å². The molecule has 0 aromatic rings. The van der Waals surface area contributed by atoms with Crippen molar-refractivity contribution in [2.45, 2.75) is 92.8 Å². The Morgan fingerprint density at radius 3 is 2.64 bits per heavy atom. The molecule has 15 nitrogen and oxygen atoms in total. The maximum atomic E-state index is 13.0. The van der Waals surface area contributed by atoms with Crippen LogP contribution in [0.3, 0.4) is 0 Å². The Hall–Kier alpha value is -1.47. The highest BCUT2D eigenvalue weighted by Gasteiger charge is 2.53. The van der Waals surface area contributed by atoms with Crippen LogP contribution in [0.5, 0.6) is 0 Å². The van der Waals surface area contributed by atoms with E-state index in [4.69, 9.17) is 31.4 Å². The zero-order chi connectivity index (χ0) is 30.6. The number of carbonyl (C=O) groups excluding carboxylic acids is 1. The second kappa shape index (κ2) is 14.5. The van der Waals surface area contributed by atoms with E-state index in [1.807, 2.05) is 6.08 Å². The summed E-state index contributed by atoms with van der Waals surface area (Å²) in [6.45, 7) is 4.21. The molecule has 14 N–H and O–H groups in total. The Morgan fingerprint density at radius 1 is 1.26 bits per heavy atom. The highest BCUT2D eigenvalue weighted by Crippen LogP contribution is 2.36. The molecule has 1 aliphatic carbocycles. The molecule has 0 aromatic heterocycles. The first-order chi connectivity index (χ1) is 20.0. The van der Waals surface area contributed by atoms with Crippen LogP contribution >= 0.6 is 0 Å². The van der Waals surface area contributed by atoms with Gasteiger partial charge in [-0.3, -0.25) is 4.79 Å². The number of rotatable bonds is 12. The minimum atomic E-state index is -1.37. The number of nitrogens with two attached hydrogens (primary N) is 3. The average Bonchev–Trinajstić information content (AvgIpc) is 2.90. The van der Waals surface area contributed by atoms with Crippen LogP contribution in [-0.4, -0.2) is 139 Å². The van der Waals surface area contributed by atoms with Gasteiger partial charge in [0, 0.05) is 37.0 Å². The Labute approximate surface area is 246 Å². The molecule has 1 amide bonds. The fourth-order valence-corrected chi connectivity index (χ4v) is 6.41. The fraction of sp³-hybridized carbons (Fsp3) is 0.889. The number of carbonyl (C=O) groups is 1. The zero-order valence-corrected chi connectivity index (χ0v) is 24.5. The van der Waals surface area contributed by atoms with Crippen molar-refractivity contribution in [1.29, 1.82) is 0 Å². The van der Waals surface area contributed by atoms with Crippen molar-refractivity contribution in [2.24, 2.45) is 29.0 Å². The van der Waals surface area contributed by atoms with Crippen LogP contribution in [0.15, 0.2) is 11.8 Å². The molecule has 3 heterocycles. The number of aliphatic hydroxyl groups excluding tert-OH is 3. The molecule has 0 spiro atoms. The standard InChI is InChI=1S/C27H51N7O8/c1-27(39)12-40-26(21(37)24(27)31-2)42-23-17(34-25(38)19(35)13-9-33-10-13)8-16(30)18(20(23)36)22-15(29)5-4-14(41-22)11-32-7-3-6-28/h4,13,15-24,26,31-33,35-37,39H,3,5-12,28-30H2,1-2H3,(H,34,38)/t15-,16+,17-,18?,19?,20+,21-,22+,23+,24-,26-,27+/m1/s1. The number of amides is 1. The second-order valence-corrected chi connectivity index (χ2v) is 12.3. The van der Waals surface area contributed by atoms with Gasteiger partial charge in [0.05, 0.1) is 31.3 Å². The van der Waals surface area contributed by atoms with Crippen LogP contribution in [-0.2, 0) is 19.0 Å². The number of hydrogen-bond donors (Lipinski definition) is 11. The summed E-state index contributed by atoms with van der Waals surface area (Å²) in [6.07, 6.45) is -3.37. The molecule has 15 heteroatoms. The number of nitrogens with one attached hydrogen (secondary N) is 4. The Morgan fingerprint density at radius 2 is 2.00 bits per heavy atom. The first-order valence-corrected chi connectivity index (χ1v) is 15.0. The molecule has 242 valence electrons. The topological polar surface area (TPSA) is 252 Å². The Balaban J connectivity index is 1.53. The largest absolute Gasteiger partial charge is 0.492 e. The SMILES string of the molecule is CN[C@@H]1[C@@H](O)[C@@H](O[C@H]2[C@H](NC(=O)C(O)C3CNC3)C[C@H](N)C([C@H]3OC(CNCCCN)=CC[C@H]3N)[C@@H]2O)OC[C@]1(C)O. The van der Waals surface area contributed by atoms with Crippen LogP contribution < -0.4 is 38.5 Å². The molecule has 12 atom stereocenters. The first-order valence-electron chi connectivity index (χ1n) is 15.0. The third kappa shape index (κ3) is 7.42. The quantitative estimate of drug-likeness (QED) is 0.0939. The summed E-state index contributed by atoms with van der Waals surface area (Å²) < 4.78 is 18.2. The van der Waals surface area contributed by atoms with Crippen LogP contribution in [0.4, 0.5) is 0 Å². The lowest BCUT2D eigenvalue weighted by atomic mass is 9.72. The molecular formula is C27H51N7O8. The summed E-state index contributed by atoms with van der Waals surface area (Å²) in [6, 6.07) is -2.70. The van der Waals surface area contributed by atoms with E-state index in [2.05, 4.69) is 21.3 Å². The molecule has 4 rings (SSSR count). The van der Waals surface area contributed by atoms with Gasteiger partial charge in [0.15, 0.2) is 6.29 Å². The summed E-state index contributed by atoms with van der Waals surface area (Å²) in [5.41, 5.74) is 17.3. The molecule has 0 bridgehead atoms. The van der Waals surface area contributed by atoms with Gasteiger partial charge in [0.25, 0.3) is 0 Å². The predicted octanol–water partition coefficient (Wildman–Crippen LogP) is -4.86. The van der Waals surface area contributed by atoms with E-state index in [-0.39, 0.29) is 18.9 Å². The van der Waals surface area contributed by atoms with Gasteiger partial charge < -0.3 is 73.1 Å². The van der Waals surface area contributed by atoms with Gasteiger partial charge in [0.2, 0.25) is 5.91 Å². The maximum absolute atomic E-state index is 13.0. The summed E-state index contributed by atoms with van der Waals surface area (Å²) in [5, 5.41) is 56.1. The third-order valence-corrected chi connectivity index (χ3v) is 9.00. The molecule has 3 aliphatic heterocycles. The van der Waals surface area contributed by atoms with Crippen LogP contribution in [0.2, 0.25) is 0 Å². The molecule has 0 radical (unpaired) electrons. The highest BCUT2D eigenvalue weighted by molar-refractivity contribution is 5.81. The lowest BCUT2D eigenvalue weighted by molar-refractivity contribution is -0.297. The van der Waals surface area contributed by atoms with Crippen molar-refractivity contribution in [1.82, 2.24) is 21.3 Å². The Kier molecular flexibility index (Phi) is 11.6. The molecule has 2 unspecified atom stereocenters. The van der Waals surface area contributed by atoms with E-state index in [0.29, 0.717) is 38.4 Å². The molecule has 3 fully saturated rings. The van der Waals surface area contributed by atoms with Crippen LogP contribution in [0.25, 0.3) is 0 Å². The minimum absolute atomic E-state index is 0.141. The van der Waals surface area contributed by atoms with Gasteiger partial charge in [0.1, 0.15) is 35.8 Å². The zero-order valence-electron chi connectivity index (χ0n) is 24.5. The van der Waals surface area contributed by atoms with Gasteiger partial charge in [-0.2, -0.15) is 0 Å². The molecular weight excluding hydrogens is 550 g/mol. The molecule has 2 saturated heterocycles. The van der Waals surface area contributed by atoms with Crippen molar-refractivity contribution in [3.05, 3.63) is 11.8 Å². The number of aliphatic hydroxyl groups is 4. The third-order valence-electron chi connectivity index (χ3n) is 9.00. The second-order valence-electron chi connectivity index (χ2n) is 12.3. The van der Waals surface area contributed by atoms with E-state index in [1.54, 1.807) is 7.05 Å². The highest BCUT2D eigenvalue weighted by atomic mass is 16.7. The van der Waals surface area contributed by atoms with E-state index < -0.39 is 78.4 Å². The normalized spacial score (nSPS) is 41.8. The predicted molar refractivity (Wildman–Crippen MR) is 153 cm³/mol. The summed E-state index contributed by atoms with van der Waals surface area (Å²) in [7, 11) is 1.60. The smallest absolute Gasteiger partial charge is 0.249 e. The average molecular weight is 602 g/mol. The van der Waals surface area contributed by atoms with Gasteiger partial charge in [-0.15, -0.1) is 0 Å².